The lowest BCUT2D eigenvalue weighted by molar-refractivity contribution is -0.139. The summed E-state index contributed by atoms with van der Waals surface area (Å²) >= 11 is 0. The highest BCUT2D eigenvalue weighted by molar-refractivity contribution is 5.68. The van der Waals surface area contributed by atoms with Gasteiger partial charge >= 0.3 is 5.97 Å². The van der Waals surface area contributed by atoms with Gasteiger partial charge in [0.15, 0.2) is 12.7 Å². The largest absolute Gasteiger partial charge is 0.482 e. The molecule has 3 aromatic carbocycles. The molecule has 0 fully saturated rings. The number of carbonyl (C=O) groups is 1. The number of hydrogen-bond donors (Lipinski definition) is 1. The van der Waals surface area contributed by atoms with E-state index in [1.165, 1.54) is 5.56 Å². The van der Waals surface area contributed by atoms with Gasteiger partial charge in [-0.2, -0.15) is 0 Å². The Morgan fingerprint density at radius 3 is 2.34 bits per heavy atom. The Kier molecular flexibility index (Phi) is 7.18. The standard InChI is InChI=1S/C27H27NO4/c29-26(30)19-31-25-13-7-12-23-18-20(14-15-24(23)25)16-17-28-32-27(21-8-3-1-4-9-21)22-10-5-2-6-11-22/h1-13,17,20,27H,14-16,18-19H2,(H,29,30). The summed E-state index contributed by atoms with van der Waals surface area (Å²) in [7, 11) is 0. The molecule has 0 radical (unpaired) electrons. The number of benzene rings is 3. The molecule has 5 nitrogen and oxygen atoms in total. The van der Waals surface area contributed by atoms with Crippen molar-refractivity contribution in [1.29, 1.82) is 0 Å². The van der Waals surface area contributed by atoms with E-state index in [9.17, 15) is 4.79 Å². The fourth-order valence-electron chi connectivity index (χ4n) is 4.19. The maximum atomic E-state index is 10.8. The Morgan fingerprint density at radius 1 is 1.00 bits per heavy atom. The van der Waals surface area contributed by atoms with E-state index in [0.29, 0.717) is 11.7 Å². The van der Waals surface area contributed by atoms with E-state index in [2.05, 4.69) is 35.5 Å². The van der Waals surface area contributed by atoms with Crippen LogP contribution in [0.15, 0.2) is 84.0 Å². The van der Waals surface area contributed by atoms with Gasteiger partial charge in [-0.05, 0) is 59.9 Å². The summed E-state index contributed by atoms with van der Waals surface area (Å²) in [6, 6.07) is 26.1. The Labute approximate surface area is 188 Å². The zero-order valence-corrected chi connectivity index (χ0v) is 17.9. The first kappa shape index (κ1) is 21.6. The van der Waals surface area contributed by atoms with Gasteiger partial charge in [0.1, 0.15) is 5.75 Å². The summed E-state index contributed by atoms with van der Waals surface area (Å²) in [5.41, 5.74) is 4.49. The summed E-state index contributed by atoms with van der Waals surface area (Å²) in [6.45, 7) is -0.312. The van der Waals surface area contributed by atoms with Crippen LogP contribution in [0.3, 0.4) is 0 Å². The van der Waals surface area contributed by atoms with Gasteiger partial charge in [-0.3, -0.25) is 0 Å². The van der Waals surface area contributed by atoms with E-state index in [0.717, 1.165) is 42.4 Å². The highest BCUT2D eigenvalue weighted by Gasteiger charge is 2.21. The number of hydrogen-bond acceptors (Lipinski definition) is 4. The topological polar surface area (TPSA) is 68.1 Å². The van der Waals surface area contributed by atoms with Crippen molar-refractivity contribution in [3.8, 4) is 5.75 Å². The quantitative estimate of drug-likeness (QED) is 0.363. The van der Waals surface area contributed by atoms with Gasteiger partial charge in [0.05, 0.1) is 0 Å². The van der Waals surface area contributed by atoms with Crippen molar-refractivity contribution in [2.45, 2.75) is 31.8 Å². The van der Waals surface area contributed by atoms with Crippen LogP contribution in [-0.4, -0.2) is 23.9 Å². The number of carboxylic acid groups (broad SMARTS) is 1. The SMILES string of the molecule is O=C(O)COc1cccc2c1CCC(CC=NOC(c1ccccc1)c1ccccc1)C2. The summed E-state index contributed by atoms with van der Waals surface area (Å²) < 4.78 is 5.46. The Morgan fingerprint density at radius 2 is 1.69 bits per heavy atom. The number of oxime groups is 1. The van der Waals surface area contributed by atoms with Crippen molar-refractivity contribution in [1.82, 2.24) is 0 Å². The molecule has 0 amide bonds. The molecule has 1 aliphatic carbocycles. The first-order valence-electron chi connectivity index (χ1n) is 10.9. The average Bonchev–Trinajstić information content (AvgIpc) is 2.83. The van der Waals surface area contributed by atoms with E-state index in [-0.39, 0.29) is 12.7 Å². The lowest BCUT2D eigenvalue weighted by Crippen LogP contribution is -2.17. The summed E-state index contributed by atoms with van der Waals surface area (Å²) in [5, 5.41) is 13.2. The minimum Gasteiger partial charge on any atom is -0.482 e. The van der Waals surface area contributed by atoms with Crippen LogP contribution in [0.2, 0.25) is 0 Å². The van der Waals surface area contributed by atoms with Gasteiger partial charge < -0.3 is 14.7 Å². The fraction of sp³-hybridized carbons (Fsp3) is 0.259. The second kappa shape index (κ2) is 10.6. The number of fused-ring (bicyclic) bond motifs is 1. The maximum Gasteiger partial charge on any atom is 0.341 e. The molecule has 0 aliphatic heterocycles. The molecule has 0 bridgehead atoms. The molecule has 0 spiro atoms. The molecule has 32 heavy (non-hydrogen) atoms. The molecule has 4 rings (SSSR count). The molecular formula is C27H27NO4. The van der Waals surface area contributed by atoms with E-state index in [4.69, 9.17) is 14.7 Å². The van der Waals surface area contributed by atoms with Crippen molar-refractivity contribution in [3.63, 3.8) is 0 Å². The lowest BCUT2D eigenvalue weighted by atomic mass is 9.82. The first-order chi connectivity index (χ1) is 15.7. The molecular weight excluding hydrogens is 402 g/mol. The number of rotatable bonds is 9. The number of ether oxygens (including phenoxy) is 1. The van der Waals surface area contributed by atoms with Crippen LogP contribution in [0.25, 0.3) is 0 Å². The van der Waals surface area contributed by atoms with Crippen molar-refractivity contribution < 1.29 is 19.5 Å². The third-order valence-corrected chi connectivity index (χ3v) is 5.78. The fourth-order valence-corrected chi connectivity index (χ4v) is 4.19. The third kappa shape index (κ3) is 5.55. The summed E-state index contributed by atoms with van der Waals surface area (Å²) in [4.78, 5) is 16.8. The monoisotopic (exact) mass is 429 g/mol. The minimum atomic E-state index is -0.961. The second-order valence-corrected chi connectivity index (χ2v) is 8.02. The molecule has 3 aromatic rings. The van der Waals surface area contributed by atoms with Crippen LogP contribution in [0.1, 0.15) is 41.2 Å². The van der Waals surface area contributed by atoms with Gasteiger partial charge in [0, 0.05) is 6.21 Å². The third-order valence-electron chi connectivity index (χ3n) is 5.78. The molecule has 1 unspecified atom stereocenters. The highest BCUT2D eigenvalue weighted by Crippen LogP contribution is 2.33. The predicted octanol–water partition coefficient (Wildman–Crippen LogP) is 5.44. The molecule has 0 aromatic heterocycles. The summed E-state index contributed by atoms with van der Waals surface area (Å²) in [6.07, 6.45) is 5.27. The van der Waals surface area contributed by atoms with Crippen molar-refractivity contribution in [2.24, 2.45) is 11.1 Å². The number of nitrogens with zero attached hydrogens (tertiary/aromatic N) is 1. The van der Waals surface area contributed by atoms with Gasteiger partial charge in [0.2, 0.25) is 0 Å². The molecule has 164 valence electrons. The zero-order chi connectivity index (χ0) is 22.2. The summed E-state index contributed by atoms with van der Waals surface area (Å²) in [5.74, 6) is 0.196. The van der Waals surface area contributed by atoms with Crippen LogP contribution in [0.5, 0.6) is 5.75 Å². The molecule has 0 saturated carbocycles. The number of aliphatic carboxylic acids is 1. The van der Waals surface area contributed by atoms with Crippen LogP contribution >= 0.6 is 0 Å². The number of carboxylic acids is 1. The molecule has 1 aliphatic rings. The van der Waals surface area contributed by atoms with Crippen LogP contribution in [0, 0.1) is 5.92 Å². The Balaban J connectivity index is 1.37. The molecule has 5 heteroatoms. The van der Waals surface area contributed by atoms with Gasteiger partial charge in [0.25, 0.3) is 0 Å². The highest BCUT2D eigenvalue weighted by atomic mass is 16.6. The predicted molar refractivity (Wildman–Crippen MR) is 124 cm³/mol. The van der Waals surface area contributed by atoms with Crippen LogP contribution in [-0.2, 0) is 22.5 Å². The lowest BCUT2D eigenvalue weighted by Gasteiger charge is -2.25. The van der Waals surface area contributed by atoms with E-state index < -0.39 is 5.97 Å². The maximum absolute atomic E-state index is 10.8. The zero-order valence-electron chi connectivity index (χ0n) is 17.9. The average molecular weight is 430 g/mol. The van der Waals surface area contributed by atoms with Gasteiger partial charge in [-0.25, -0.2) is 4.79 Å². The van der Waals surface area contributed by atoms with Gasteiger partial charge in [-0.1, -0.05) is 78.0 Å². The molecule has 1 N–H and O–H groups in total. The van der Waals surface area contributed by atoms with Gasteiger partial charge in [-0.15, -0.1) is 0 Å². The van der Waals surface area contributed by atoms with E-state index >= 15 is 0 Å². The Hall–Kier alpha value is -3.60. The normalized spacial score (nSPS) is 15.5. The van der Waals surface area contributed by atoms with Crippen molar-refractivity contribution in [2.75, 3.05) is 6.61 Å². The molecule has 0 saturated heterocycles. The van der Waals surface area contributed by atoms with Crippen molar-refractivity contribution in [3.05, 3.63) is 101 Å². The van der Waals surface area contributed by atoms with E-state index in [1.54, 1.807) is 0 Å². The van der Waals surface area contributed by atoms with Crippen molar-refractivity contribution >= 4 is 12.2 Å². The second-order valence-electron chi connectivity index (χ2n) is 8.02. The van der Waals surface area contributed by atoms with Crippen LogP contribution < -0.4 is 4.74 Å². The smallest absolute Gasteiger partial charge is 0.341 e. The van der Waals surface area contributed by atoms with E-state index in [1.807, 2.05) is 54.7 Å². The van der Waals surface area contributed by atoms with Crippen LogP contribution in [0.4, 0.5) is 0 Å². The first-order valence-corrected chi connectivity index (χ1v) is 10.9. The molecule has 0 heterocycles. The minimum absolute atomic E-state index is 0.241. The molecule has 1 atom stereocenters. The Bertz CT molecular complexity index is 1010.